The van der Waals surface area contributed by atoms with Crippen LogP contribution in [0.1, 0.15) is 22.3 Å². The molecule has 0 aliphatic carbocycles. The lowest BCUT2D eigenvalue weighted by Gasteiger charge is -2.08. The normalized spacial score (nSPS) is 15.7. The molecule has 2 aromatic carbocycles. The second-order valence-electron chi connectivity index (χ2n) is 6.51. The van der Waals surface area contributed by atoms with Crippen molar-refractivity contribution in [3.63, 3.8) is 0 Å². The summed E-state index contributed by atoms with van der Waals surface area (Å²) in [6, 6.07) is 11.8. The fourth-order valence-corrected chi connectivity index (χ4v) is 3.79. The summed E-state index contributed by atoms with van der Waals surface area (Å²) in [5.41, 5.74) is 5.62. The number of fused-ring (bicyclic) bond motifs is 1. The molecule has 1 aliphatic rings. The summed E-state index contributed by atoms with van der Waals surface area (Å²) in [6.45, 7) is 7.56. The summed E-state index contributed by atoms with van der Waals surface area (Å²) < 4.78 is 12.2. The molecule has 0 radical (unpaired) electrons. The number of carbonyl (C=O) groups excluding carboxylic acids is 1. The Kier molecular flexibility index (Phi) is 3.77. The maximum Gasteiger partial charge on any atom is 0.256 e. The third kappa shape index (κ3) is 3.16. The van der Waals surface area contributed by atoms with Crippen LogP contribution in [0.15, 0.2) is 36.4 Å². The standard InChI is InChI=1S/C19H20NO2P/c1-12-7-13(2)9-14(8-12)10-17-16-6-5-15(23(3,4)22)11-18(16)20-19(17)21/h5-11H,1-4H3,(H,20,21)/b17-10-. The van der Waals surface area contributed by atoms with Crippen LogP contribution in [0.25, 0.3) is 11.6 Å². The predicted octanol–water partition coefficient (Wildman–Crippen LogP) is 4.04. The molecule has 0 saturated heterocycles. The van der Waals surface area contributed by atoms with Crippen LogP contribution in [-0.4, -0.2) is 19.2 Å². The van der Waals surface area contributed by atoms with Gasteiger partial charge in [0.1, 0.15) is 7.14 Å². The van der Waals surface area contributed by atoms with E-state index in [9.17, 15) is 9.36 Å². The van der Waals surface area contributed by atoms with Crippen molar-refractivity contribution in [3.8, 4) is 0 Å². The molecule has 0 fully saturated rings. The molecule has 0 saturated carbocycles. The third-order valence-corrected chi connectivity index (χ3v) is 5.48. The average Bonchev–Trinajstić information content (AvgIpc) is 2.72. The second kappa shape index (κ2) is 5.50. The molecule has 1 heterocycles. The van der Waals surface area contributed by atoms with Gasteiger partial charge in [0.05, 0.1) is 0 Å². The Labute approximate surface area is 136 Å². The fraction of sp³-hybridized carbons (Fsp3) is 0.211. The maximum absolute atomic E-state index is 12.3. The molecule has 1 N–H and O–H groups in total. The first-order valence-electron chi connectivity index (χ1n) is 7.55. The van der Waals surface area contributed by atoms with Gasteiger partial charge < -0.3 is 9.88 Å². The first kappa shape index (κ1) is 15.8. The number of anilines is 1. The number of amides is 1. The number of aryl methyl sites for hydroxylation is 2. The molecule has 3 nitrogen and oxygen atoms in total. The van der Waals surface area contributed by atoms with Crippen LogP contribution < -0.4 is 10.6 Å². The number of benzene rings is 2. The van der Waals surface area contributed by atoms with Crippen LogP contribution in [0, 0.1) is 13.8 Å². The molecule has 4 heteroatoms. The molecular weight excluding hydrogens is 305 g/mol. The van der Waals surface area contributed by atoms with E-state index in [1.165, 1.54) is 11.1 Å². The van der Waals surface area contributed by atoms with Gasteiger partial charge in [0, 0.05) is 22.1 Å². The van der Waals surface area contributed by atoms with Crippen molar-refractivity contribution >= 4 is 35.7 Å². The molecule has 0 unspecified atom stereocenters. The number of carbonyl (C=O) groups is 1. The zero-order chi connectivity index (χ0) is 16.8. The van der Waals surface area contributed by atoms with Crippen LogP contribution in [-0.2, 0) is 9.36 Å². The molecule has 3 rings (SSSR count). The van der Waals surface area contributed by atoms with E-state index in [1.54, 1.807) is 13.3 Å². The number of rotatable bonds is 2. The quantitative estimate of drug-likeness (QED) is 0.669. The lowest BCUT2D eigenvalue weighted by atomic mass is 10.0. The summed E-state index contributed by atoms with van der Waals surface area (Å²) in [4.78, 5) is 12.3. The predicted molar refractivity (Wildman–Crippen MR) is 97.9 cm³/mol. The monoisotopic (exact) mass is 325 g/mol. The van der Waals surface area contributed by atoms with Gasteiger partial charge >= 0.3 is 0 Å². The van der Waals surface area contributed by atoms with Crippen molar-refractivity contribution < 1.29 is 9.36 Å². The van der Waals surface area contributed by atoms with Gasteiger partial charge in [-0.05, 0) is 44.9 Å². The molecular formula is C19H20NO2P. The third-order valence-electron chi connectivity index (χ3n) is 3.96. The van der Waals surface area contributed by atoms with Crippen LogP contribution in [0.2, 0.25) is 0 Å². The van der Waals surface area contributed by atoms with E-state index in [0.717, 1.165) is 22.1 Å². The van der Waals surface area contributed by atoms with Gasteiger partial charge in [0.15, 0.2) is 0 Å². The van der Waals surface area contributed by atoms with Crippen molar-refractivity contribution in [2.45, 2.75) is 13.8 Å². The van der Waals surface area contributed by atoms with Crippen molar-refractivity contribution in [2.24, 2.45) is 0 Å². The summed E-state index contributed by atoms with van der Waals surface area (Å²) in [6.07, 6.45) is 1.92. The summed E-state index contributed by atoms with van der Waals surface area (Å²) in [7, 11) is -2.34. The largest absolute Gasteiger partial charge is 0.321 e. The first-order valence-corrected chi connectivity index (χ1v) is 10.2. The first-order chi connectivity index (χ1) is 10.7. The topological polar surface area (TPSA) is 46.2 Å². The summed E-state index contributed by atoms with van der Waals surface area (Å²) in [5.74, 6) is -0.113. The molecule has 1 aliphatic heterocycles. The highest BCUT2D eigenvalue weighted by Gasteiger charge is 2.25. The van der Waals surface area contributed by atoms with Gasteiger partial charge in [-0.1, -0.05) is 41.5 Å². The zero-order valence-corrected chi connectivity index (χ0v) is 14.7. The molecule has 0 aromatic heterocycles. The Morgan fingerprint density at radius 3 is 2.26 bits per heavy atom. The van der Waals surface area contributed by atoms with E-state index < -0.39 is 7.14 Å². The molecule has 0 spiro atoms. The number of nitrogens with one attached hydrogen (secondary N) is 1. The van der Waals surface area contributed by atoms with E-state index in [-0.39, 0.29) is 5.91 Å². The van der Waals surface area contributed by atoms with E-state index in [2.05, 4.69) is 23.5 Å². The molecule has 0 atom stereocenters. The lowest BCUT2D eigenvalue weighted by molar-refractivity contribution is -0.110. The Morgan fingerprint density at radius 1 is 1.00 bits per heavy atom. The van der Waals surface area contributed by atoms with E-state index in [4.69, 9.17) is 0 Å². The van der Waals surface area contributed by atoms with Gasteiger partial charge in [0.25, 0.3) is 5.91 Å². The Morgan fingerprint density at radius 2 is 1.65 bits per heavy atom. The smallest absolute Gasteiger partial charge is 0.256 e. The lowest BCUT2D eigenvalue weighted by Crippen LogP contribution is -2.06. The highest BCUT2D eigenvalue weighted by molar-refractivity contribution is 7.70. The van der Waals surface area contributed by atoms with E-state index >= 15 is 0 Å². The van der Waals surface area contributed by atoms with Gasteiger partial charge in [-0.2, -0.15) is 0 Å². The molecule has 0 bridgehead atoms. The Balaban J connectivity index is 2.08. The van der Waals surface area contributed by atoms with Gasteiger partial charge in [-0.25, -0.2) is 0 Å². The maximum atomic E-state index is 12.3. The average molecular weight is 325 g/mol. The summed E-state index contributed by atoms with van der Waals surface area (Å²) >= 11 is 0. The molecule has 118 valence electrons. The van der Waals surface area contributed by atoms with Crippen molar-refractivity contribution in [1.82, 2.24) is 0 Å². The van der Waals surface area contributed by atoms with E-state index in [1.807, 2.05) is 38.1 Å². The molecule has 1 amide bonds. The summed E-state index contributed by atoms with van der Waals surface area (Å²) in [5, 5.41) is 3.66. The minimum Gasteiger partial charge on any atom is -0.321 e. The SMILES string of the molecule is Cc1cc(C)cc(/C=C2\C(=O)Nc3cc(P(C)(C)=O)ccc32)c1. The molecule has 23 heavy (non-hydrogen) atoms. The molecule has 2 aromatic rings. The minimum atomic E-state index is -2.34. The van der Waals surface area contributed by atoms with Gasteiger partial charge in [0.2, 0.25) is 0 Å². The Bertz CT molecular complexity index is 870. The van der Waals surface area contributed by atoms with Gasteiger partial charge in [-0.3, -0.25) is 4.79 Å². The van der Waals surface area contributed by atoms with Crippen LogP contribution in [0.3, 0.4) is 0 Å². The van der Waals surface area contributed by atoms with Crippen molar-refractivity contribution in [3.05, 3.63) is 58.7 Å². The van der Waals surface area contributed by atoms with Crippen LogP contribution >= 0.6 is 7.14 Å². The highest BCUT2D eigenvalue weighted by atomic mass is 31.2. The van der Waals surface area contributed by atoms with Gasteiger partial charge in [-0.15, -0.1) is 0 Å². The number of hydrogen-bond acceptors (Lipinski definition) is 2. The minimum absolute atomic E-state index is 0.113. The van der Waals surface area contributed by atoms with E-state index in [0.29, 0.717) is 5.57 Å². The fourth-order valence-electron chi connectivity index (χ4n) is 2.92. The zero-order valence-electron chi connectivity index (χ0n) is 13.8. The van der Waals surface area contributed by atoms with Crippen molar-refractivity contribution in [2.75, 3.05) is 18.6 Å². The second-order valence-corrected chi connectivity index (χ2v) is 9.73. The van der Waals surface area contributed by atoms with Crippen LogP contribution in [0.5, 0.6) is 0 Å². The number of hydrogen-bond donors (Lipinski definition) is 1. The van der Waals surface area contributed by atoms with Crippen LogP contribution in [0.4, 0.5) is 5.69 Å². The van der Waals surface area contributed by atoms with Crippen molar-refractivity contribution in [1.29, 1.82) is 0 Å². The highest BCUT2D eigenvalue weighted by Crippen LogP contribution is 2.39. The Hall–Kier alpha value is -2.12.